The average molecular weight is 460 g/mol. The molecule has 1 heterocycles. The highest BCUT2D eigenvalue weighted by Gasteiger charge is 2.18. The summed E-state index contributed by atoms with van der Waals surface area (Å²) in [7, 11) is -4.10. The van der Waals surface area contributed by atoms with E-state index in [0.29, 0.717) is 20.6 Å². The van der Waals surface area contributed by atoms with Crippen molar-refractivity contribution in [3.63, 3.8) is 0 Å². The van der Waals surface area contributed by atoms with Crippen LogP contribution in [0, 0.1) is 0 Å². The molecule has 28 heavy (non-hydrogen) atoms. The van der Waals surface area contributed by atoms with Crippen LogP contribution in [0.5, 0.6) is 0 Å². The van der Waals surface area contributed by atoms with Crippen LogP contribution in [-0.4, -0.2) is 24.1 Å². The molecule has 1 aromatic heterocycles. The van der Waals surface area contributed by atoms with Crippen molar-refractivity contribution in [2.75, 3.05) is 5.32 Å². The average Bonchev–Trinajstić information content (AvgIpc) is 3.03. The van der Waals surface area contributed by atoms with Crippen LogP contribution in [0.25, 0.3) is 5.69 Å². The number of halogens is 3. The van der Waals surface area contributed by atoms with Gasteiger partial charge in [0.1, 0.15) is 4.90 Å². The Hall–Kier alpha value is -2.10. The third-order valence-electron chi connectivity index (χ3n) is 3.71. The highest BCUT2D eigenvalue weighted by molar-refractivity contribution is 7.89. The van der Waals surface area contributed by atoms with E-state index in [0.717, 1.165) is 0 Å². The molecule has 0 unspecified atom stereocenters. The summed E-state index contributed by atoms with van der Waals surface area (Å²) in [6.45, 7) is 0. The summed E-state index contributed by atoms with van der Waals surface area (Å²) >= 11 is 17.8. The first-order chi connectivity index (χ1) is 13.1. The van der Waals surface area contributed by atoms with E-state index in [9.17, 15) is 13.2 Å². The molecule has 0 bridgehead atoms. The van der Waals surface area contributed by atoms with Gasteiger partial charge in [0, 0.05) is 21.9 Å². The lowest BCUT2D eigenvalue weighted by molar-refractivity contribution is -0.115. The Bertz CT molecular complexity index is 1160. The number of benzene rings is 2. The number of anilines is 1. The van der Waals surface area contributed by atoms with Crippen molar-refractivity contribution < 1.29 is 13.2 Å². The van der Waals surface area contributed by atoms with Crippen LogP contribution in [0.15, 0.2) is 53.7 Å². The van der Waals surface area contributed by atoms with Gasteiger partial charge in [-0.3, -0.25) is 4.79 Å². The lowest BCUT2D eigenvalue weighted by atomic mass is 10.1. The summed E-state index contributed by atoms with van der Waals surface area (Å²) in [6, 6.07) is 9.03. The van der Waals surface area contributed by atoms with Gasteiger partial charge in [-0.15, -0.1) is 0 Å². The molecule has 146 valence electrons. The van der Waals surface area contributed by atoms with Gasteiger partial charge in [-0.1, -0.05) is 34.8 Å². The van der Waals surface area contributed by atoms with Crippen molar-refractivity contribution in [3.05, 3.63) is 69.4 Å². The fraction of sp³-hybridized carbons (Fsp3) is 0.0588. The molecule has 0 aliphatic carbocycles. The van der Waals surface area contributed by atoms with Gasteiger partial charge >= 0.3 is 0 Å². The number of amides is 1. The molecule has 2 aromatic carbocycles. The molecule has 3 N–H and O–H groups in total. The van der Waals surface area contributed by atoms with E-state index < -0.39 is 15.9 Å². The number of nitrogens with two attached hydrogens (primary N) is 1. The lowest BCUT2D eigenvalue weighted by Gasteiger charge is -2.12. The van der Waals surface area contributed by atoms with Crippen molar-refractivity contribution in [1.82, 2.24) is 9.78 Å². The molecule has 11 heteroatoms. The zero-order valence-electron chi connectivity index (χ0n) is 14.1. The fourth-order valence-electron chi connectivity index (χ4n) is 2.50. The Morgan fingerprint density at radius 1 is 1.11 bits per heavy atom. The van der Waals surface area contributed by atoms with Crippen LogP contribution in [0.4, 0.5) is 5.69 Å². The van der Waals surface area contributed by atoms with Gasteiger partial charge in [-0.05, 0) is 42.0 Å². The molecule has 0 aliphatic rings. The topological polar surface area (TPSA) is 107 Å². The van der Waals surface area contributed by atoms with Crippen LogP contribution >= 0.6 is 34.8 Å². The van der Waals surface area contributed by atoms with Crippen LogP contribution in [-0.2, 0) is 21.2 Å². The third-order valence-corrected chi connectivity index (χ3v) is 5.45. The van der Waals surface area contributed by atoms with Gasteiger partial charge in [0.15, 0.2) is 0 Å². The number of carbonyl (C=O) groups is 1. The minimum Gasteiger partial charge on any atom is -0.326 e. The zero-order valence-corrected chi connectivity index (χ0v) is 17.1. The number of hydrogen-bond donors (Lipinski definition) is 2. The second-order valence-electron chi connectivity index (χ2n) is 5.79. The molecule has 0 spiro atoms. The van der Waals surface area contributed by atoms with Crippen LogP contribution in [0.1, 0.15) is 5.56 Å². The Morgan fingerprint density at radius 3 is 2.50 bits per heavy atom. The summed E-state index contributed by atoms with van der Waals surface area (Å²) in [5.74, 6) is -0.403. The summed E-state index contributed by atoms with van der Waals surface area (Å²) in [6.07, 6.45) is 2.75. The van der Waals surface area contributed by atoms with Gasteiger partial charge in [0.2, 0.25) is 15.9 Å². The normalized spacial score (nSPS) is 11.4. The van der Waals surface area contributed by atoms with Crippen LogP contribution in [0.2, 0.25) is 15.1 Å². The molecule has 0 fully saturated rings. The molecule has 0 saturated carbocycles. The smallest absolute Gasteiger partial charge is 0.240 e. The molecule has 0 atom stereocenters. The predicted molar refractivity (Wildman–Crippen MR) is 109 cm³/mol. The van der Waals surface area contributed by atoms with Crippen molar-refractivity contribution in [1.29, 1.82) is 0 Å². The monoisotopic (exact) mass is 458 g/mol. The second kappa shape index (κ2) is 8.10. The van der Waals surface area contributed by atoms with Crippen molar-refractivity contribution >= 4 is 56.4 Å². The van der Waals surface area contributed by atoms with E-state index in [1.807, 2.05) is 0 Å². The van der Waals surface area contributed by atoms with E-state index >= 15 is 0 Å². The molecule has 3 rings (SSSR count). The number of nitrogens with one attached hydrogen (secondary N) is 1. The summed E-state index contributed by atoms with van der Waals surface area (Å²) < 4.78 is 25.3. The fourth-order valence-corrected chi connectivity index (χ4v) is 3.76. The van der Waals surface area contributed by atoms with Gasteiger partial charge in [-0.2, -0.15) is 5.10 Å². The quantitative estimate of drug-likeness (QED) is 0.607. The molecular weight excluding hydrogens is 447 g/mol. The SMILES string of the molecule is NS(=O)(=O)c1cc(NC(=O)Cc2cc(Cl)ccc2Cl)ccc1-n1cc(Cl)cn1. The molecule has 7 nitrogen and oxygen atoms in total. The van der Waals surface area contributed by atoms with Gasteiger partial charge in [0.05, 0.1) is 23.3 Å². The summed E-state index contributed by atoms with van der Waals surface area (Å²) in [5, 5.41) is 13.1. The second-order valence-corrected chi connectivity index (χ2v) is 8.60. The third kappa shape index (κ3) is 4.84. The van der Waals surface area contributed by atoms with E-state index in [1.54, 1.807) is 18.2 Å². The Morgan fingerprint density at radius 2 is 1.86 bits per heavy atom. The van der Waals surface area contributed by atoms with Gasteiger partial charge < -0.3 is 5.32 Å². The van der Waals surface area contributed by atoms with E-state index in [2.05, 4.69) is 10.4 Å². The first kappa shape index (κ1) is 20.6. The first-order valence-electron chi connectivity index (χ1n) is 7.74. The van der Waals surface area contributed by atoms with E-state index in [-0.39, 0.29) is 22.7 Å². The molecule has 3 aromatic rings. The van der Waals surface area contributed by atoms with Crippen molar-refractivity contribution in [2.24, 2.45) is 5.14 Å². The van der Waals surface area contributed by atoms with Crippen LogP contribution < -0.4 is 10.5 Å². The number of carbonyl (C=O) groups excluding carboxylic acids is 1. The Labute approximate surface area is 176 Å². The maximum absolute atomic E-state index is 12.3. The predicted octanol–water partition coefficient (Wildman–Crippen LogP) is 3.66. The summed E-state index contributed by atoms with van der Waals surface area (Å²) in [4.78, 5) is 12.1. The highest BCUT2D eigenvalue weighted by atomic mass is 35.5. The molecule has 0 saturated heterocycles. The first-order valence-corrected chi connectivity index (χ1v) is 10.4. The number of sulfonamides is 1. The maximum Gasteiger partial charge on any atom is 0.240 e. The van der Waals surface area contributed by atoms with Crippen molar-refractivity contribution in [3.8, 4) is 5.69 Å². The maximum atomic E-state index is 12.3. The number of nitrogens with zero attached hydrogens (tertiary/aromatic N) is 2. The number of primary sulfonamides is 1. The molecule has 0 radical (unpaired) electrons. The van der Waals surface area contributed by atoms with Gasteiger partial charge in [-0.25, -0.2) is 18.2 Å². The van der Waals surface area contributed by atoms with Crippen molar-refractivity contribution in [2.45, 2.75) is 11.3 Å². The molecular formula is C17H13Cl3N4O3S. The zero-order chi connectivity index (χ0) is 20.5. The highest BCUT2D eigenvalue weighted by Crippen LogP contribution is 2.25. The van der Waals surface area contributed by atoms with E-state index in [1.165, 1.54) is 35.3 Å². The van der Waals surface area contributed by atoms with E-state index in [4.69, 9.17) is 39.9 Å². The Balaban J connectivity index is 1.88. The standard InChI is InChI=1S/C17H13Cl3N4O3S/c18-11-1-3-14(20)10(5-11)6-17(25)23-13-2-4-15(16(7-13)28(21,26)27)24-9-12(19)8-22-24/h1-5,7-9H,6H2,(H,23,25)(H2,21,26,27). The number of rotatable bonds is 5. The largest absolute Gasteiger partial charge is 0.326 e. The Kier molecular flexibility index (Phi) is 5.97. The minimum atomic E-state index is -4.10. The van der Waals surface area contributed by atoms with Crippen LogP contribution in [0.3, 0.4) is 0 Å². The minimum absolute atomic E-state index is 0.0411. The lowest BCUT2D eigenvalue weighted by Crippen LogP contribution is -2.18. The molecule has 1 amide bonds. The number of hydrogen-bond acceptors (Lipinski definition) is 4. The van der Waals surface area contributed by atoms with Gasteiger partial charge in [0.25, 0.3) is 0 Å². The summed E-state index contributed by atoms with van der Waals surface area (Å²) in [5.41, 5.74) is 0.987. The molecule has 0 aliphatic heterocycles. The number of aromatic nitrogens is 2.